The molecule has 0 aliphatic carbocycles. The fourth-order valence-corrected chi connectivity index (χ4v) is 4.14. The topological polar surface area (TPSA) is 140 Å². The molecule has 0 bridgehead atoms. The summed E-state index contributed by atoms with van der Waals surface area (Å²) in [5.74, 6) is -2.81. The third kappa shape index (κ3) is 9.06. The van der Waals surface area contributed by atoms with E-state index in [1.807, 2.05) is 12.1 Å². The van der Waals surface area contributed by atoms with Gasteiger partial charge in [-0.15, -0.1) is 0 Å². The predicted molar refractivity (Wildman–Crippen MR) is 148 cm³/mol. The van der Waals surface area contributed by atoms with E-state index in [0.29, 0.717) is 0 Å². The van der Waals surface area contributed by atoms with Crippen LogP contribution in [0.5, 0.6) is 0 Å². The van der Waals surface area contributed by atoms with Gasteiger partial charge in [0, 0.05) is 6.42 Å². The molecule has 41 heavy (non-hydrogen) atoms. The highest BCUT2D eigenvalue weighted by molar-refractivity contribution is 6.03. The molecule has 0 radical (unpaired) electrons. The van der Waals surface area contributed by atoms with E-state index in [2.05, 4.69) is 10.6 Å². The number of carbonyl (C=O) groups excluding carboxylic acids is 5. The molecule has 220 valence electrons. The zero-order valence-corrected chi connectivity index (χ0v) is 23.9. The number of ether oxygens (including phenoxy) is 3. The number of benzene rings is 2. The van der Waals surface area contributed by atoms with Crippen molar-refractivity contribution in [3.8, 4) is 0 Å². The van der Waals surface area contributed by atoms with Crippen LogP contribution in [0, 0.1) is 0 Å². The van der Waals surface area contributed by atoms with Gasteiger partial charge in [0.1, 0.15) is 24.3 Å². The molecule has 11 heteroatoms. The lowest BCUT2D eigenvalue weighted by molar-refractivity contribution is -0.148. The van der Waals surface area contributed by atoms with Crippen molar-refractivity contribution in [1.82, 2.24) is 15.5 Å². The number of hydrogen-bond acceptors (Lipinski definition) is 8. The predicted octanol–water partition coefficient (Wildman–Crippen LogP) is 2.51. The molecule has 1 aliphatic heterocycles. The summed E-state index contributed by atoms with van der Waals surface area (Å²) in [7, 11) is 0. The maximum absolute atomic E-state index is 13.3. The second-order valence-electron chi connectivity index (χ2n) is 10.6. The largest absolute Gasteiger partial charge is 0.464 e. The van der Waals surface area contributed by atoms with Crippen LogP contribution in [0.2, 0.25) is 0 Å². The normalized spacial score (nSPS) is 17.4. The Morgan fingerprint density at radius 2 is 1.37 bits per heavy atom. The molecular weight excluding hydrogens is 530 g/mol. The van der Waals surface area contributed by atoms with Crippen molar-refractivity contribution >= 4 is 29.8 Å². The van der Waals surface area contributed by atoms with Gasteiger partial charge in [-0.2, -0.15) is 0 Å². The molecule has 0 aromatic heterocycles. The number of nitrogens with one attached hydrogen (secondary N) is 2. The smallest absolute Gasteiger partial charge is 0.408 e. The van der Waals surface area contributed by atoms with E-state index in [4.69, 9.17) is 14.2 Å². The van der Waals surface area contributed by atoms with Crippen molar-refractivity contribution in [2.24, 2.45) is 0 Å². The van der Waals surface area contributed by atoms with Gasteiger partial charge < -0.3 is 29.7 Å². The SMILES string of the molecule is CCOC(=O)C1C(C(=O)OCc2ccccc2)N1C(=O)[C@H](C)NC(=O)[C@H](Cc1ccccc1)NC(=O)OC(C)(C)C. The molecule has 3 rings (SSSR count). The average molecular weight is 568 g/mol. The summed E-state index contributed by atoms with van der Waals surface area (Å²) >= 11 is 0. The van der Waals surface area contributed by atoms with E-state index < -0.39 is 59.6 Å². The first kappa shape index (κ1) is 31.1. The van der Waals surface area contributed by atoms with Gasteiger partial charge in [0.25, 0.3) is 0 Å². The fraction of sp³-hybridized carbons (Fsp3) is 0.433. The first-order chi connectivity index (χ1) is 19.4. The van der Waals surface area contributed by atoms with Gasteiger partial charge >= 0.3 is 18.0 Å². The fourth-order valence-electron chi connectivity index (χ4n) is 4.14. The van der Waals surface area contributed by atoms with Crippen molar-refractivity contribution in [1.29, 1.82) is 0 Å². The monoisotopic (exact) mass is 567 g/mol. The molecule has 2 unspecified atom stereocenters. The van der Waals surface area contributed by atoms with Crippen molar-refractivity contribution in [2.45, 2.75) is 77.4 Å². The number of carbonyl (C=O) groups is 5. The molecule has 0 saturated carbocycles. The number of nitrogens with zero attached hydrogens (tertiary/aromatic N) is 1. The van der Waals surface area contributed by atoms with E-state index in [9.17, 15) is 24.0 Å². The van der Waals surface area contributed by atoms with Gasteiger partial charge in [0.15, 0.2) is 12.1 Å². The van der Waals surface area contributed by atoms with Crippen LogP contribution in [0.25, 0.3) is 0 Å². The Kier molecular flexibility index (Phi) is 10.5. The minimum absolute atomic E-state index is 0.0302. The Labute approximate surface area is 239 Å². The van der Waals surface area contributed by atoms with Crippen LogP contribution >= 0.6 is 0 Å². The van der Waals surface area contributed by atoms with E-state index in [1.165, 1.54) is 6.92 Å². The Bertz CT molecular complexity index is 1230. The molecule has 11 nitrogen and oxygen atoms in total. The summed E-state index contributed by atoms with van der Waals surface area (Å²) in [6, 6.07) is 13.5. The first-order valence-electron chi connectivity index (χ1n) is 13.4. The summed E-state index contributed by atoms with van der Waals surface area (Å²) in [5, 5.41) is 5.16. The summed E-state index contributed by atoms with van der Waals surface area (Å²) in [5.41, 5.74) is 0.735. The van der Waals surface area contributed by atoms with Gasteiger partial charge in [-0.25, -0.2) is 14.4 Å². The average Bonchev–Trinajstić information content (AvgIpc) is 3.67. The molecule has 2 N–H and O–H groups in total. The van der Waals surface area contributed by atoms with E-state index >= 15 is 0 Å². The summed E-state index contributed by atoms with van der Waals surface area (Å²) < 4.78 is 15.7. The number of alkyl carbamates (subject to hydrolysis) is 1. The Morgan fingerprint density at radius 1 is 0.829 bits per heavy atom. The maximum atomic E-state index is 13.3. The van der Waals surface area contributed by atoms with Crippen LogP contribution in [0.15, 0.2) is 60.7 Å². The van der Waals surface area contributed by atoms with Gasteiger partial charge in [-0.05, 0) is 45.7 Å². The van der Waals surface area contributed by atoms with Crippen molar-refractivity contribution in [2.75, 3.05) is 6.61 Å². The van der Waals surface area contributed by atoms with Crippen LogP contribution < -0.4 is 10.6 Å². The van der Waals surface area contributed by atoms with Gasteiger partial charge in [-0.1, -0.05) is 60.7 Å². The third-order valence-electron chi connectivity index (χ3n) is 6.08. The molecule has 2 aromatic rings. The van der Waals surface area contributed by atoms with Crippen LogP contribution in [0.4, 0.5) is 4.79 Å². The molecule has 0 spiro atoms. The van der Waals surface area contributed by atoms with Crippen molar-refractivity contribution < 1.29 is 38.2 Å². The molecule has 1 aliphatic rings. The lowest BCUT2D eigenvalue weighted by Crippen LogP contribution is -2.53. The molecule has 1 saturated heterocycles. The van der Waals surface area contributed by atoms with E-state index in [0.717, 1.165) is 16.0 Å². The quantitative estimate of drug-likeness (QED) is 0.240. The minimum atomic E-state index is -1.18. The zero-order valence-electron chi connectivity index (χ0n) is 23.9. The highest BCUT2D eigenvalue weighted by atomic mass is 16.6. The Balaban J connectivity index is 1.69. The van der Waals surface area contributed by atoms with Crippen LogP contribution in [-0.2, 0) is 46.4 Å². The Hall–Kier alpha value is -4.41. The number of amides is 3. The third-order valence-corrected chi connectivity index (χ3v) is 6.08. The van der Waals surface area contributed by atoms with E-state index in [1.54, 1.807) is 76.2 Å². The minimum Gasteiger partial charge on any atom is -0.464 e. The second-order valence-corrected chi connectivity index (χ2v) is 10.6. The van der Waals surface area contributed by atoms with Crippen LogP contribution in [0.1, 0.15) is 45.7 Å². The molecule has 1 heterocycles. The summed E-state index contributed by atoms with van der Waals surface area (Å²) in [6.45, 7) is 8.17. The molecule has 2 aromatic carbocycles. The van der Waals surface area contributed by atoms with E-state index in [-0.39, 0.29) is 19.6 Å². The molecule has 1 fully saturated rings. The molecular formula is C30H37N3O8. The van der Waals surface area contributed by atoms with Gasteiger partial charge in [0.05, 0.1) is 6.61 Å². The standard InChI is InChI=1S/C30H37N3O8/c1-6-39-27(36)23-24(28(37)40-18-21-15-11-8-12-16-21)33(23)26(35)19(2)31-25(34)22(17-20-13-9-7-10-14-20)32-29(38)41-30(3,4)5/h7-16,19,22-24H,6,17-18H2,1-5H3,(H,31,34)(H,32,38)/t19-,22-,23?,24?,33?/m0/s1. The highest BCUT2D eigenvalue weighted by Gasteiger charge is 2.62. The highest BCUT2D eigenvalue weighted by Crippen LogP contribution is 2.32. The number of hydrogen-bond donors (Lipinski definition) is 2. The number of rotatable bonds is 11. The second kappa shape index (κ2) is 13.8. The van der Waals surface area contributed by atoms with Crippen molar-refractivity contribution in [3.05, 3.63) is 71.8 Å². The van der Waals surface area contributed by atoms with Crippen LogP contribution in [0.3, 0.4) is 0 Å². The lowest BCUT2D eigenvalue weighted by atomic mass is 10.0. The lowest BCUT2D eigenvalue weighted by Gasteiger charge is -2.24. The zero-order chi connectivity index (χ0) is 30.2. The van der Waals surface area contributed by atoms with Crippen molar-refractivity contribution in [3.63, 3.8) is 0 Å². The Morgan fingerprint density at radius 3 is 1.90 bits per heavy atom. The van der Waals surface area contributed by atoms with Crippen LogP contribution in [-0.4, -0.2) is 71.1 Å². The number of esters is 2. The summed E-state index contributed by atoms with van der Waals surface area (Å²) in [6.07, 6.45) is -0.654. The molecule has 3 amide bonds. The molecule has 4 atom stereocenters. The first-order valence-corrected chi connectivity index (χ1v) is 13.4. The maximum Gasteiger partial charge on any atom is 0.408 e. The van der Waals surface area contributed by atoms with Gasteiger partial charge in [0.2, 0.25) is 11.8 Å². The van der Waals surface area contributed by atoms with Gasteiger partial charge in [-0.3, -0.25) is 9.59 Å². The summed E-state index contributed by atoms with van der Waals surface area (Å²) in [4.78, 5) is 65.5.